The molecule has 12 heavy (non-hydrogen) atoms. The molecule has 0 aliphatic carbocycles. The van der Waals surface area contributed by atoms with E-state index < -0.39 is 5.91 Å². The first-order chi connectivity index (χ1) is 5.59. The van der Waals surface area contributed by atoms with E-state index in [-0.39, 0.29) is 18.4 Å². The Balaban J connectivity index is 2.38. The van der Waals surface area contributed by atoms with E-state index in [1.165, 1.54) is 0 Å². The van der Waals surface area contributed by atoms with Gasteiger partial charge in [0.2, 0.25) is 11.8 Å². The Morgan fingerprint density at radius 2 is 2.17 bits per heavy atom. The zero-order chi connectivity index (χ0) is 9.14. The van der Waals surface area contributed by atoms with Crippen molar-refractivity contribution in [1.29, 1.82) is 0 Å². The molecule has 1 aliphatic rings. The van der Waals surface area contributed by atoms with Crippen LogP contribution in [0.1, 0.15) is 12.8 Å². The van der Waals surface area contributed by atoms with Crippen molar-refractivity contribution in [2.45, 2.75) is 18.9 Å². The van der Waals surface area contributed by atoms with Gasteiger partial charge >= 0.3 is 0 Å². The number of nitrogens with two attached hydrogens (primary N) is 2. The highest BCUT2D eigenvalue weighted by atomic mass is 16.2. The lowest BCUT2D eigenvalue weighted by Gasteiger charge is -2.13. The average Bonchev–Trinajstić information content (AvgIpc) is 2.34. The maximum atomic E-state index is 11.2. The van der Waals surface area contributed by atoms with E-state index in [1.54, 1.807) is 4.90 Å². The molecular formula is C7H13N3O2. The first kappa shape index (κ1) is 8.99. The minimum atomic E-state index is -0.583. The largest absolute Gasteiger partial charge is 0.369 e. The minimum Gasteiger partial charge on any atom is -0.369 e. The van der Waals surface area contributed by atoms with Gasteiger partial charge in [-0.15, -0.1) is 0 Å². The smallest absolute Gasteiger partial charge is 0.232 e. The van der Waals surface area contributed by atoms with Crippen LogP contribution < -0.4 is 11.5 Å². The van der Waals surface area contributed by atoms with Gasteiger partial charge in [0.05, 0.1) is 0 Å². The van der Waals surface area contributed by atoms with Crippen LogP contribution in [0.15, 0.2) is 0 Å². The SMILES string of the molecule is NC(=O)CC(=O)N1CCC(N)C1. The zero-order valence-electron chi connectivity index (χ0n) is 6.82. The monoisotopic (exact) mass is 171 g/mol. The highest BCUT2D eigenvalue weighted by molar-refractivity contribution is 5.96. The summed E-state index contributed by atoms with van der Waals surface area (Å²) >= 11 is 0. The van der Waals surface area contributed by atoms with E-state index in [4.69, 9.17) is 11.5 Å². The van der Waals surface area contributed by atoms with Crippen molar-refractivity contribution < 1.29 is 9.59 Å². The van der Waals surface area contributed by atoms with Crippen LogP contribution in [0.25, 0.3) is 0 Å². The summed E-state index contributed by atoms with van der Waals surface area (Å²) < 4.78 is 0. The second-order valence-electron chi connectivity index (χ2n) is 3.03. The summed E-state index contributed by atoms with van der Waals surface area (Å²) in [5.41, 5.74) is 10.5. The Morgan fingerprint density at radius 3 is 2.58 bits per heavy atom. The van der Waals surface area contributed by atoms with Gasteiger partial charge in [0, 0.05) is 19.1 Å². The first-order valence-electron chi connectivity index (χ1n) is 3.91. The number of carbonyl (C=O) groups is 2. The quantitative estimate of drug-likeness (QED) is 0.491. The number of amides is 2. The van der Waals surface area contributed by atoms with Crippen LogP contribution in [-0.4, -0.2) is 35.8 Å². The second kappa shape index (κ2) is 3.53. The molecule has 0 saturated carbocycles. The summed E-state index contributed by atoms with van der Waals surface area (Å²) in [7, 11) is 0. The predicted octanol–water partition coefficient (Wildman–Crippen LogP) is -1.58. The van der Waals surface area contributed by atoms with Crippen LogP contribution >= 0.6 is 0 Å². The first-order valence-corrected chi connectivity index (χ1v) is 3.91. The molecule has 5 nitrogen and oxygen atoms in total. The van der Waals surface area contributed by atoms with E-state index >= 15 is 0 Å². The van der Waals surface area contributed by atoms with Crippen molar-refractivity contribution in [2.75, 3.05) is 13.1 Å². The average molecular weight is 171 g/mol. The van der Waals surface area contributed by atoms with Gasteiger partial charge < -0.3 is 16.4 Å². The molecule has 1 heterocycles. The lowest BCUT2D eigenvalue weighted by atomic mass is 10.3. The summed E-state index contributed by atoms with van der Waals surface area (Å²) in [5, 5.41) is 0. The molecule has 68 valence electrons. The van der Waals surface area contributed by atoms with E-state index in [1.807, 2.05) is 0 Å². The Labute approximate surface area is 70.7 Å². The molecule has 1 saturated heterocycles. The summed E-state index contributed by atoms with van der Waals surface area (Å²) in [4.78, 5) is 23.1. The highest BCUT2D eigenvalue weighted by Gasteiger charge is 2.23. The number of hydrogen-bond donors (Lipinski definition) is 2. The van der Waals surface area contributed by atoms with Gasteiger partial charge in [-0.3, -0.25) is 9.59 Å². The molecule has 0 aromatic carbocycles. The molecule has 0 aromatic rings. The van der Waals surface area contributed by atoms with Gasteiger partial charge in [0.25, 0.3) is 0 Å². The fraction of sp³-hybridized carbons (Fsp3) is 0.714. The number of carbonyl (C=O) groups excluding carboxylic acids is 2. The fourth-order valence-electron chi connectivity index (χ4n) is 1.27. The van der Waals surface area contributed by atoms with Crippen molar-refractivity contribution in [3.8, 4) is 0 Å². The zero-order valence-corrected chi connectivity index (χ0v) is 6.82. The molecule has 1 atom stereocenters. The molecule has 0 aromatic heterocycles. The molecule has 1 fully saturated rings. The van der Waals surface area contributed by atoms with Crippen molar-refractivity contribution >= 4 is 11.8 Å². The van der Waals surface area contributed by atoms with E-state index in [0.29, 0.717) is 13.1 Å². The number of hydrogen-bond acceptors (Lipinski definition) is 3. The summed E-state index contributed by atoms with van der Waals surface area (Å²) in [6, 6.07) is 0.0572. The van der Waals surface area contributed by atoms with Gasteiger partial charge in [0.1, 0.15) is 6.42 Å². The fourth-order valence-corrected chi connectivity index (χ4v) is 1.27. The molecule has 0 bridgehead atoms. The van der Waals surface area contributed by atoms with Gasteiger partial charge in [-0.05, 0) is 6.42 Å². The van der Waals surface area contributed by atoms with E-state index in [9.17, 15) is 9.59 Å². The molecule has 5 heteroatoms. The summed E-state index contributed by atoms with van der Waals surface area (Å²) in [5.74, 6) is -0.795. The lowest BCUT2D eigenvalue weighted by Crippen LogP contribution is -2.34. The second-order valence-corrected chi connectivity index (χ2v) is 3.03. The maximum Gasteiger partial charge on any atom is 0.232 e. The van der Waals surface area contributed by atoms with E-state index in [0.717, 1.165) is 6.42 Å². The van der Waals surface area contributed by atoms with Gasteiger partial charge in [0.15, 0.2) is 0 Å². The molecule has 1 unspecified atom stereocenters. The van der Waals surface area contributed by atoms with Crippen LogP contribution in [0.4, 0.5) is 0 Å². The third-order valence-electron chi connectivity index (χ3n) is 1.90. The Hall–Kier alpha value is -1.10. The van der Waals surface area contributed by atoms with Crippen molar-refractivity contribution in [3.63, 3.8) is 0 Å². The third-order valence-corrected chi connectivity index (χ3v) is 1.90. The van der Waals surface area contributed by atoms with Gasteiger partial charge in [-0.25, -0.2) is 0 Å². The third kappa shape index (κ3) is 2.20. The van der Waals surface area contributed by atoms with Crippen LogP contribution in [0.3, 0.4) is 0 Å². The summed E-state index contributed by atoms with van der Waals surface area (Å²) in [6.07, 6.45) is 0.608. The standard InChI is InChI=1S/C7H13N3O2/c8-5-1-2-10(4-5)7(12)3-6(9)11/h5H,1-4,8H2,(H2,9,11). The molecule has 2 amide bonds. The van der Waals surface area contributed by atoms with Crippen LogP contribution in [-0.2, 0) is 9.59 Å². The molecule has 0 spiro atoms. The molecule has 1 rings (SSSR count). The van der Waals surface area contributed by atoms with Gasteiger partial charge in [-0.1, -0.05) is 0 Å². The van der Waals surface area contributed by atoms with E-state index in [2.05, 4.69) is 0 Å². The predicted molar refractivity (Wildman–Crippen MR) is 43.0 cm³/mol. The molecule has 1 aliphatic heterocycles. The highest BCUT2D eigenvalue weighted by Crippen LogP contribution is 2.07. The maximum absolute atomic E-state index is 11.2. The topological polar surface area (TPSA) is 89.4 Å². The number of rotatable bonds is 2. The number of primary amides is 1. The normalized spacial score (nSPS) is 22.8. The molecular weight excluding hydrogens is 158 g/mol. The van der Waals surface area contributed by atoms with Crippen LogP contribution in [0.5, 0.6) is 0 Å². The molecule has 4 N–H and O–H groups in total. The Bertz CT molecular complexity index is 205. The number of nitrogens with zero attached hydrogens (tertiary/aromatic N) is 1. The van der Waals surface area contributed by atoms with Crippen molar-refractivity contribution in [3.05, 3.63) is 0 Å². The lowest BCUT2D eigenvalue weighted by molar-refractivity contribution is -0.134. The van der Waals surface area contributed by atoms with Crippen molar-refractivity contribution in [2.24, 2.45) is 11.5 Å². The number of likely N-dealkylation sites (tertiary alicyclic amines) is 1. The van der Waals surface area contributed by atoms with Crippen molar-refractivity contribution in [1.82, 2.24) is 4.90 Å². The Kier molecular flexibility index (Phi) is 2.65. The van der Waals surface area contributed by atoms with Gasteiger partial charge in [-0.2, -0.15) is 0 Å². The summed E-state index contributed by atoms with van der Waals surface area (Å²) in [6.45, 7) is 1.19. The van der Waals surface area contributed by atoms with Crippen LogP contribution in [0.2, 0.25) is 0 Å². The van der Waals surface area contributed by atoms with Crippen LogP contribution in [0, 0.1) is 0 Å². The minimum absolute atomic E-state index is 0.0572. The molecule has 0 radical (unpaired) electrons. The Morgan fingerprint density at radius 1 is 1.50 bits per heavy atom.